The second kappa shape index (κ2) is 8.75. The Kier molecular flexibility index (Phi) is 5.68. The summed E-state index contributed by atoms with van der Waals surface area (Å²) in [7, 11) is 0. The van der Waals surface area contributed by atoms with Gasteiger partial charge in [-0.15, -0.1) is 0 Å². The Bertz CT molecular complexity index is 1020. The van der Waals surface area contributed by atoms with E-state index in [1.807, 2.05) is 4.90 Å². The molecule has 2 amide bonds. The van der Waals surface area contributed by atoms with Crippen molar-refractivity contribution in [3.8, 4) is 0 Å². The zero-order valence-electron chi connectivity index (χ0n) is 18.3. The minimum atomic E-state index is 0.108. The standard InChI is InChI=1S/C26H32N4O/c1-19(20-7-3-2-4-8-20)30-16-13-22(18-30)28-26(31)29-14-11-21(12-15-29)24-17-27-25-10-6-5-9-23(24)25/h2-10,17,19,21-22,27H,11-16,18H2,1H3,(H,28,31). The normalized spacial score (nSPS) is 21.5. The summed E-state index contributed by atoms with van der Waals surface area (Å²) in [6.45, 7) is 5.87. The lowest BCUT2D eigenvalue weighted by atomic mass is 9.89. The lowest BCUT2D eigenvalue weighted by Crippen LogP contribution is -2.48. The van der Waals surface area contributed by atoms with Gasteiger partial charge in [-0.3, -0.25) is 4.90 Å². The largest absolute Gasteiger partial charge is 0.361 e. The van der Waals surface area contributed by atoms with Gasteiger partial charge in [0, 0.05) is 55.4 Å². The molecule has 2 aliphatic rings. The van der Waals surface area contributed by atoms with Crippen molar-refractivity contribution in [3.05, 3.63) is 71.9 Å². The summed E-state index contributed by atoms with van der Waals surface area (Å²) in [4.78, 5) is 20.8. The van der Waals surface area contributed by atoms with E-state index >= 15 is 0 Å². The summed E-state index contributed by atoms with van der Waals surface area (Å²) in [5.74, 6) is 0.522. The van der Waals surface area contributed by atoms with Crippen molar-refractivity contribution in [2.45, 2.75) is 44.2 Å². The van der Waals surface area contributed by atoms with Crippen LogP contribution >= 0.6 is 0 Å². The number of para-hydroxylation sites is 1. The SMILES string of the molecule is CC(c1ccccc1)N1CCC(NC(=O)N2CCC(c3c[nH]c4ccccc34)CC2)C1. The Labute approximate surface area is 184 Å². The number of aromatic amines is 1. The van der Waals surface area contributed by atoms with Gasteiger partial charge in [-0.25, -0.2) is 4.79 Å². The van der Waals surface area contributed by atoms with Gasteiger partial charge in [0.25, 0.3) is 0 Å². The number of aromatic nitrogens is 1. The maximum atomic E-state index is 12.9. The fourth-order valence-electron chi connectivity index (χ4n) is 5.29. The highest BCUT2D eigenvalue weighted by atomic mass is 16.2. The van der Waals surface area contributed by atoms with E-state index in [0.29, 0.717) is 12.0 Å². The molecular weight excluding hydrogens is 384 g/mol. The Morgan fingerprint density at radius 3 is 2.55 bits per heavy atom. The van der Waals surface area contributed by atoms with Gasteiger partial charge in [-0.05, 0) is 49.3 Å². The predicted octanol–water partition coefficient (Wildman–Crippen LogP) is 4.89. The van der Waals surface area contributed by atoms with Gasteiger partial charge >= 0.3 is 6.03 Å². The molecule has 0 aliphatic carbocycles. The molecule has 0 saturated carbocycles. The van der Waals surface area contributed by atoms with Crippen LogP contribution in [-0.4, -0.2) is 53.0 Å². The van der Waals surface area contributed by atoms with Crippen LogP contribution in [0.15, 0.2) is 60.8 Å². The third-order valence-electron chi connectivity index (χ3n) is 7.22. The molecule has 5 nitrogen and oxygen atoms in total. The molecule has 5 rings (SSSR count). The van der Waals surface area contributed by atoms with Gasteiger partial charge in [0.15, 0.2) is 0 Å². The number of carbonyl (C=O) groups excluding carboxylic acids is 1. The Morgan fingerprint density at radius 1 is 1.00 bits per heavy atom. The number of amides is 2. The number of H-pyrrole nitrogens is 1. The lowest BCUT2D eigenvalue weighted by molar-refractivity contribution is 0.176. The molecule has 5 heteroatoms. The molecule has 2 aliphatic heterocycles. The van der Waals surface area contributed by atoms with Crippen LogP contribution in [0.3, 0.4) is 0 Å². The summed E-state index contributed by atoms with van der Waals surface area (Å²) < 4.78 is 0. The Balaban J connectivity index is 1.13. The number of hydrogen-bond acceptors (Lipinski definition) is 2. The molecule has 2 unspecified atom stereocenters. The number of benzene rings is 2. The molecule has 1 aromatic heterocycles. The van der Waals surface area contributed by atoms with Crippen LogP contribution in [0.4, 0.5) is 4.79 Å². The van der Waals surface area contributed by atoms with Gasteiger partial charge in [-0.1, -0.05) is 48.5 Å². The molecule has 2 atom stereocenters. The summed E-state index contributed by atoms with van der Waals surface area (Å²) in [5.41, 5.74) is 3.94. The molecule has 0 spiro atoms. The van der Waals surface area contributed by atoms with Crippen molar-refractivity contribution < 1.29 is 4.79 Å². The van der Waals surface area contributed by atoms with E-state index in [-0.39, 0.29) is 12.1 Å². The van der Waals surface area contributed by atoms with Crippen molar-refractivity contribution in [1.29, 1.82) is 0 Å². The topological polar surface area (TPSA) is 51.4 Å². The number of nitrogens with one attached hydrogen (secondary N) is 2. The molecule has 162 valence electrons. The van der Waals surface area contributed by atoms with Crippen LogP contribution in [0.5, 0.6) is 0 Å². The molecule has 3 aromatic rings. The van der Waals surface area contributed by atoms with E-state index in [1.165, 1.54) is 22.0 Å². The first-order valence-electron chi connectivity index (χ1n) is 11.6. The zero-order valence-corrected chi connectivity index (χ0v) is 18.3. The van der Waals surface area contributed by atoms with Crippen molar-refractivity contribution in [2.24, 2.45) is 0 Å². The minimum absolute atomic E-state index is 0.108. The van der Waals surface area contributed by atoms with Crippen molar-refractivity contribution in [2.75, 3.05) is 26.2 Å². The number of piperidine rings is 1. The van der Waals surface area contributed by atoms with Gasteiger partial charge in [0.05, 0.1) is 0 Å². The molecule has 2 saturated heterocycles. The van der Waals surface area contributed by atoms with Crippen LogP contribution in [0.2, 0.25) is 0 Å². The predicted molar refractivity (Wildman–Crippen MR) is 125 cm³/mol. The van der Waals surface area contributed by atoms with E-state index in [9.17, 15) is 4.79 Å². The van der Waals surface area contributed by atoms with Gasteiger partial charge in [0.1, 0.15) is 0 Å². The molecule has 31 heavy (non-hydrogen) atoms. The second-order valence-corrected chi connectivity index (χ2v) is 9.07. The number of fused-ring (bicyclic) bond motifs is 1. The summed E-state index contributed by atoms with van der Waals surface area (Å²) in [6, 6.07) is 19.9. The number of urea groups is 1. The molecule has 0 radical (unpaired) electrons. The fourth-order valence-corrected chi connectivity index (χ4v) is 5.29. The average Bonchev–Trinajstić information content (AvgIpc) is 3.46. The van der Waals surface area contributed by atoms with Gasteiger partial charge in [-0.2, -0.15) is 0 Å². The quantitative estimate of drug-likeness (QED) is 0.636. The van der Waals surface area contributed by atoms with Crippen LogP contribution < -0.4 is 5.32 Å². The lowest BCUT2D eigenvalue weighted by Gasteiger charge is -2.33. The minimum Gasteiger partial charge on any atom is -0.361 e. The first kappa shape index (κ1) is 20.1. The van der Waals surface area contributed by atoms with Crippen LogP contribution in [0, 0.1) is 0 Å². The number of likely N-dealkylation sites (tertiary alicyclic amines) is 2. The summed E-state index contributed by atoms with van der Waals surface area (Å²) in [6.07, 6.45) is 5.23. The first-order valence-corrected chi connectivity index (χ1v) is 11.6. The highest BCUT2D eigenvalue weighted by molar-refractivity contribution is 5.83. The van der Waals surface area contributed by atoms with Crippen molar-refractivity contribution in [3.63, 3.8) is 0 Å². The maximum Gasteiger partial charge on any atom is 0.317 e. The molecule has 0 bridgehead atoms. The van der Waals surface area contributed by atoms with Crippen molar-refractivity contribution >= 4 is 16.9 Å². The number of carbonyl (C=O) groups is 1. The maximum absolute atomic E-state index is 12.9. The van der Waals surface area contributed by atoms with E-state index in [0.717, 1.165) is 45.4 Å². The van der Waals surface area contributed by atoms with E-state index in [2.05, 4.69) is 82.9 Å². The monoisotopic (exact) mass is 416 g/mol. The average molecular weight is 417 g/mol. The number of rotatable bonds is 4. The second-order valence-electron chi connectivity index (χ2n) is 9.07. The highest BCUT2D eigenvalue weighted by Gasteiger charge is 2.30. The van der Waals surface area contributed by atoms with E-state index < -0.39 is 0 Å². The molecule has 2 aromatic carbocycles. The summed E-state index contributed by atoms with van der Waals surface area (Å²) >= 11 is 0. The van der Waals surface area contributed by atoms with E-state index in [1.54, 1.807) is 0 Å². The van der Waals surface area contributed by atoms with Crippen molar-refractivity contribution in [1.82, 2.24) is 20.1 Å². The van der Waals surface area contributed by atoms with Gasteiger partial charge in [0.2, 0.25) is 0 Å². The van der Waals surface area contributed by atoms with E-state index in [4.69, 9.17) is 0 Å². The first-order chi connectivity index (χ1) is 15.2. The third-order valence-corrected chi connectivity index (χ3v) is 7.22. The number of hydrogen-bond donors (Lipinski definition) is 2. The molecule has 2 fully saturated rings. The fraction of sp³-hybridized carbons (Fsp3) is 0.423. The van der Waals surface area contributed by atoms with Crippen LogP contribution in [-0.2, 0) is 0 Å². The molecular formula is C26H32N4O. The van der Waals surface area contributed by atoms with Crippen LogP contribution in [0.1, 0.15) is 49.3 Å². The summed E-state index contributed by atoms with van der Waals surface area (Å²) in [5, 5.41) is 4.63. The van der Waals surface area contributed by atoms with Gasteiger partial charge < -0.3 is 15.2 Å². The Morgan fingerprint density at radius 2 is 1.74 bits per heavy atom. The third kappa shape index (κ3) is 4.19. The zero-order chi connectivity index (χ0) is 21.2. The Hall–Kier alpha value is -2.79. The molecule has 2 N–H and O–H groups in total. The molecule has 3 heterocycles. The smallest absolute Gasteiger partial charge is 0.317 e. The highest BCUT2D eigenvalue weighted by Crippen LogP contribution is 2.33. The number of nitrogens with zero attached hydrogens (tertiary/aromatic N) is 2. The van der Waals surface area contributed by atoms with Crippen LogP contribution in [0.25, 0.3) is 10.9 Å².